The Morgan fingerprint density at radius 2 is 1.71 bits per heavy atom. The molecule has 7 rings (SSSR count). The third-order valence-corrected chi connectivity index (χ3v) is 9.33. The number of carbonyl (C=O) groups excluding carboxylic acids is 2. The van der Waals surface area contributed by atoms with Crippen LogP contribution < -0.4 is 4.74 Å². The number of amides is 1. The minimum atomic E-state index is -0.791. The van der Waals surface area contributed by atoms with Crippen molar-refractivity contribution in [2.75, 3.05) is 27.3 Å². The van der Waals surface area contributed by atoms with Crippen molar-refractivity contribution in [3.8, 4) is 5.75 Å². The van der Waals surface area contributed by atoms with Crippen molar-refractivity contribution >= 4 is 18.0 Å². The van der Waals surface area contributed by atoms with E-state index in [9.17, 15) is 9.59 Å². The van der Waals surface area contributed by atoms with Crippen LogP contribution in [0.5, 0.6) is 5.75 Å². The number of hydrogen-bond acceptors (Lipinski definition) is 4. The van der Waals surface area contributed by atoms with Gasteiger partial charge in [0.25, 0.3) is 0 Å². The number of rotatable bonds is 5. The van der Waals surface area contributed by atoms with Crippen LogP contribution in [0.4, 0.5) is 0 Å². The van der Waals surface area contributed by atoms with Gasteiger partial charge in [-0.1, -0.05) is 72.3 Å². The van der Waals surface area contributed by atoms with E-state index in [1.54, 1.807) is 19.3 Å². The summed E-state index contributed by atoms with van der Waals surface area (Å²) in [5.74, 6) is 0.338. The molecule has 3 aliphatic carbocycles. The van der Waals surface area contributed by atoms with Crippen molar-refractivity contribution in [3.63, 3.8) is 0 Å². The quantitative estimate of drug-likeness (QED) is 0.338. The van der Waals surface area contributed by atoms with Crippen LogP contribution in [-0.2, 0) is 19.7 Å². The molecule has 2 fully saturated rings. The second-order valence-electron chi connectivity index (χ2n) is 10.9. The molecule has 1 heterocycles. The number of fused-ring (bicyclic) bond motifs is 1. The first-order valence-corrected chi connectivity index (χ1v) is 13.3. The largest absolute Gasteiger partial charge is 0.496 e. The normalized spacial score (nSPS) is 27.2. The third kappa shape index (κ3) is 3.37. The van der Waals surface area contributed by atoms with Crippen molar-refractivity contribution in [1.29, 1.82) is 0 Å². The highest BCUT2D eigenvalue weighted by atomic mass is 16.5. The molecule has 1 saturated carbocycles. The first-order valence-electron chi connectivity index (χ1n) is 13.3. The van der Waals surface area contributed by atoms with E-state index in [1.165, 1.54) is 29.4 Å². The molecule has 1 aliphatic heterocycles. The zero-order valence-electron chi connectivity index (χ0n) is 22.1. The monoisotopic (exact) mass is 507 g/mol. The lowest BCUT2D eigenvalue weighted by Gasteiger charge is -2.59. The lowest BCUT2D eigenvalue weighted by molar-refractivity contribution is -0.161. The fraction of sp³-hybridized carbons (Fsp3) is 0.333. The number of esters is 1. The number of aryl methyl sites for hydroxylation is 1. The summed E-state index contributed by atoms with van der Waals surface area (Å²) in [6.45, 7) is 2.95. The highest BCUT2D eigenvalue weighted by molar-refractivity contribution is 5.94. The predicted molar refractivity (Wildman–Crippen MR) is 147 cm³/mol. The Labute approximate surface area is 224 Å². The maximum absolute atomic E-state index is 13.8. The van der Waals surface area contributed by atoms with E-state index >= 15 is 0 Å². The van der Waals surface area contributed by atoms with Crippen LogP contribution in [0.1, 0.15) is 46.6 Å². The fourth-order valence-corrected chi connectivity index (χ4v) is 7.72. The van der Waals surface area contributed by atoms with Gasteiger partial charge in [-0.3, -0.25) is 9.59 Å². The summed E-state index contributed by atoms with van der Waals surface area (Å²) in [5, 5.41) is 0. The van der Waals surface area contributed by atoms with Crippen LogP contribution in [0.3, 0.4) is 0 Å². The van der Waals surface area contributed by atoms with Crippen LogP contribution in [-0.4, -0.2) is 44.1 Å². The molecule has 194 valence electrons. The summed E-state index contributed by atoms with van der Waals surface area (Å²) in [6.07, 6.45) is 5.23. The topological polar surface area (TPSA) is 55.8 Å². The lowest BCUT2D eigenvalue weighted by atomic mass is 9.42. The summed E-state index contributed by atoms with van der Waals surface area (Å²) < 4.78 is 11.0. The second-order valence-corrected chi connectivity index (χ2v) is 10.9. The van der Waals surface area contributed by atoms with Crippen LogP contribution in [0.25, 0.3) is 6.08 Å². The van der Waals surface area contributed by atoms with Crippen molar-refractivity contribution in [2.24, 2.45) is 11.3 Å². The molecule has 5 heteroatoms. The van der Waals surface area contributed by atoms with Gasteiger partial charge >= 0.3 is 5.97 Å². The molecular weight excluding hydrogens is 474 g/mol. The number of ether oxygens (including phenoxy) is 2. The van der Waals surface area contributed by atoms with Crippen LogP contribution in [0.15, 0.2) is 78.9 Å². The van der Waals surface area contributed by atoms with Gasteiger partial charge in [0, 0.05) is 42.0 Å². The fourth-order valence-electron chi connectivity index (χ4n) is 7.72. The Morgan fingerprint density at radius 1 is 0.974 bits per heavy atom. The first-order chi connectivity index (χ1) is 18.5. The molecule has 0 radical (unpaired) electrons. The minimum absolute atomic E-state index is 0.0134. The molecule has 0 spiro atoms. The smallest absolute Gasteiger partial charge is 0.314 e. The van der Waals surface area contributed by atoms with Gasteiger partial charge in [-0.15, -0.1) is 0 Å². The average molecular weight is 508 g/mol. The number of para-hydroxylation sites is 1. The number of carbonyl (C=O) groups is 2. The molecule has 4 aliphatic rings. The Kier molecular flexibility index (Phi) is 5.90. The molecule has 3 aromatic rings. The minimum Gasteiger partial charge on any atom is -0.496 e. The molecule has 4 atom stereocenters. The molecule has 1 amide bonds. The molecule has 0 N–H and O–H groups in total. The van der Waals surface area contributed by atoms with Crippen LogP contribution in [0, 0.1) is 18.3 Å². The van der Waals surface area contributed by atoms with Gasteiger partial charge < -0.3 is 14.4 Å². The van der Waals surface area contributed by atoms with Gasteiger partial charge in [0.2, 0.25) is 5.91 Å². The maximum Gasteiger partial charge on any atom is 0.314 e. The van der Waals surface area contributed by atoms with Crippen LogP contribution >= 0.6 is 0 Å². The lowest BCUT2D eigenvalue weighted by Crippen LogP contribution is -2.60. The van der Waals surface area contributed by atoms with Crippen LogP contribution in [0.2, 0.25) is 0 Å². The molecule has 2 unspecified atom stereocenters. The average Bonchev–Trinajstić information content (AvgIpc) is 3.40. The summed E-state index contributed by atoms with van der Waals surface area (Å²) in [6, 6.07) is 24.9. The molecule has 3 aromatic carbocycles. The Balaban J connectivity index is 1.46. The van der Waals surface area contributed by atoms with Crippen molar-refractivity contribution < 1.29 is 19.1 Å². The summed E-state index contributed by atoms with van der Waals surface area (Å²) in [4.78, 5) is 29.3. The van der Waals surface area contributed by atoms with Gasteiger partial charge in [-0.2, -0.15) is 0 Å². The van der Waals surface area contributed by atoms with Crippen molar-refractivity contribution in [1.82, 2.24) is 4.90 Å². The summed E-state index contributed by atoms with van der Waals surface area (Å²) >= 11 is 0. The SMILES string of the molecule is COC(=O)C12CN(C(=O)/C=C/c3ccccc3OC)CC1[C@@]1(c3ccc(C)cc3)CC[C@@H]2c2ccccc21. The van der Waals surface area contributed by atoms with E-state index in [4.69, 9.17) is 9.47 Å². The number of hydrogen-bond donors (Lipinski definition) is 0. The Bertz CT molecular complexity index is 1430. The number of nitrogens with zero attached hydrogens (tertiary/aromatic N) is 1. The summed E-state index contributed by atoms with van der Waals surface area (Å²) in [5.41, 5.74) is 4.61. The van der Waals surface area contributed by atoms with E-state index in [0.29, 0.717) is 18.8 Å². The molecule has 38 heavy (non-hydrogen) atoms. The van der Waals surface area contributed by atoms with E-state index in [2.05, 4.69) is 55.5 Å². The zero-order valence-corrected chi connectivity index (χ0v) is 22.1. The summed E-state index contributed by atoms with van der Waals surface area (Å²) in [7, 11) is 3.10. The first kappa shape index (κ1) is 24.5. The van der Waals surface area contributed by atoms with E-state index in [0.717, 1.165) is 18.4 Å². The predicted octanol–water partition coefficient (Wildman–Crippen LogP) is 5.51. The van der Waals surface area contributed by atoms with Gasteiger partial charge in [0.15, 0.2) is 0 Å². The second kappa shape index (κ2) is 9.16. The number of likely N-dealkylation sites (tertiary alicyclic amines) is 1. The number of benzene rings is 3. The molecular formula is C33H33NO4. The highest BCUT2D eigenvalue weighted by Gasteiger charge is 2.71. The molecule has 5 nitrogen and oxygen atoms in total. The van der Waals surface area contributed by atoms with Crippen molar-refractivity contribution in [3.05, 3.63) is 107 Å². The van der Waals surface area contributed by atoms with Gasteiger partial charge in [-0.25, -0.2) is 0 Å². The molecule has 1 saturated heterocycles. The van der Waals surface area contributed by atoms with E-state index in [-0.39, 0.29) is 29.1 Å². The Hall–Kier alpha value is -3.86. The van der Waals surface area contributed by atoms with Gasteiger partial charge in [-0.05, 0) is 48.6 Å². The number of methoxy groups -OCH3 is 2. The highest BCUT2D eigenvalue weighted by Crippen LogP contribution is 2.69. The van der Waals surface area contributed by atoms with E-state index < -0.39 is 5.41 Å². The Morgan fingerprint density at radius 3 is 2.47 bits per heavy atom. The zero-order chi connectivity index (χ0) is 26.5. The van der Waals surface area contributed by atoms with E-state index in [1.807, 2.05) is 29.2 Å². The van der Waals surface area contributed by atoms with Gasteiger partial charge in [0.05, 0.1) is 19.6 Å². The maximum atomic E-state index is 13.8. The van der Waals surface area contributed by atoms with Crippen molar-refractivity contribution in [2.45, 2.75) is 31.1 Å². The van der Waals surface area contributed by atoms with Gasteiger partial charge in [0.1, 0.15) is 5.75 Å². The molecule has 0 aromatic heterocycles. The third-order valence-electron chi connectivity index (χ3n) is 9.33. The molecule has 2 bridgehead atoms. The standard InChI is InChI=1S/C33H33NO4/c1-22-12-15-24(16-13-22)32-19-18-27(25-9-5-6-10-26(25)32)33(31(36)38-3)21-34(20-29(32)33)30(35)17-14-23-8-4-7-11-28(23)37-2/h4-17,27,29H,18-21H2,1-3H3/b17-14+/t27-,29?,32-,33?/m1/s1.